The summed E-state index contributed by atoms with van der Waals surface area (Å²) >= 11 is 2.07. The van der Waals surface area contributed by atoms with Gasteiger partial charge in [0.05, 0.1) is 5.60 Å². The first-order valence-corrected chi connectivity index (χ1v) is 6.39. The Morgan fingerprint density at radius 3 is 2.85 bits per heavy atom. The molecule has 0 saturated carbocycles. The maximum Gasteiger partial charge on any atom is 0.0713 e. The number of rotatable bonds is 1. The normalized spacial score (nSPS) is 33.5. The monoisotopic (exact) mass is 201 g/mol. The lowest BCUT2D eigenvalue weighted by atomic mass is 9.85. The van der Waals surface area contributed by atoms with Gasteiger partial charge in [-0.05, 0) is 44.2 Å². The van der Waals surface area contributed by atoms with Gasteiger partial charge >= 0.3 is 0 Å². The summed E-state index contributed by atoms with van der Waals surface area (Å²) in [5, 5.41) is 3.39. The number of thioether (sulfide) groups is 1. The zero-order valence-corrected chi connectivity index (χ0v) is 9.16. The van der Waals surface area contributed by atoms with Gasteiger partial charge < -0.3 is 10.1 Å². The molecule has 0 radical (unpaired) electrons. The van der Waals surface area contributed by atoms with Crippen molar-refractivity contribution in [1.29, 1.82) is 0 Å². The average molecular weight is 201 g/mol. The Morgan fingerprint density at radius 1 is 1.38 bits per heavy atom. The molecule has 1 spiro atoms. The molecule has 2 rings (SSSR count). The molecule has 76 valence electrons. The van der Waals surface area contributed by atoms with Crippen molar-refractivity contribution in [3.05, 3.63) is 0 Å². The van der Waals surface area contributed by atoms with Crippen LogP contribution in [-0.2, 0) is 4.74 Å². The van der Waals surface area contributed by atoms with Gasteiger partial charge in [-0.1, -0.05) is 0 Å². The van der Waals surface area contributed by atoms with E-state index in [9.17, 15) is 0 Å². The van der Waals surface area contributed by atoms with Crippen molar-refractivity contribution in [2.75, 3.05) is 25.2 Å². The van der Waals surface area contributed by atoms with Crippen LogP contribution < -0.4 is 5.32 Å². The molecule has 1 N–H and O–H groups in total. The second-order valence-electron chi connectivity index (χ2n) is 4.12. The molecule has 2 aliphatic heterocycles. The summed E-state index contributed by atoms with van der Waals surface area (Å²) in [6.45, 7) is 0.955. The molecule has 2 nitrogen and oxygen atoms in total. The van der Waals surface area contributed by atoms with Gasteiger partial charge in [-0.3, -0.25) is 0 Å². The summed E-state index contributed by atoms with van der Waals surface area (Å²) in [5.41, 5.74) is 0.247. The Balaban J connectivity index is 1.95. The molecule has 13 heavy (non-hydrogen) atoms. The minimum atomic E-state index is 0.247. The van der Waals surface area contributed by atoms with Gasteiger partial charge in [0.15, 0.2) is 0 Å². The third-order valence-electron chi connectivity index (χ3n) is 3.31. The zero-order chi connectivity index (χ0) is 9.15. The first-order chi connectivity index (χ1) is 6.35. The van der Waals surface area contributed by atoms with E-state index in [2.05, 4.69) is 24.1 Å². The Hall–Kier alpha value is 0.270. The molecule has 2 fully saturated rings. The summed E-state index contributed by atoms with van der Waals surface area (Å²) in [5.74, 6) is 2.58. The zero-order valence-electron chi connectivity index (χ0n) is 8.34. The molecule has 0 aromatic heterocycles. The Morgan fingerprint density at radius 2 is 2.15 bits per heavy atom. The summed E-state index contributed by atoms with van der Waals surface area (Å²) in [6, 6.07) is 0.692. The summed E-state index contributed by atoms with van der Waals surface area (Å²) in [7, 11) is 2.07. The fourth-order valence-electron chi connectivity index (χ4n) is 2.37. The van der Waals surface area contributed by atoms with Crippen LogP contribution >= 0.6 is 11.8 Å². The quantitative estimate of drug-likeness (QED) is 0.697. The predicted octanol–water partition coefficient (Wildman–Crippen LogP) is 1.65. The molecule has 0 aromatic carbocycles. The van der Waals surface area contributed by atoms with Crippen LogP contribution in [0, 0.1) is 0 Å². The van der Waals surface area contributed by atoms with E-state index in [1.807, 2.05) is 0 Å². The number of hydrogen-bond acceptors (Lipinski definition) is 3. The molecule has 2 heterocycles. The van der Waals surface area contributed by atoms with E-state index in [-0.39, 0.29) is 5.60 Å². The van der Waals surface area contributed by atoms with E-state index in [1.54, 1.807) is 0 Å². The molecular weight excluding hydrogens is 182 g/mol. The third-order valence-corrected chi connectivity index (χ3v) is 4.29. The Kier molecular flexibility index (Phi) is 3.17. The lowest BCUT2D eigenvalue weighted by Crippen LogP contribution is -2.48. The average Bonchev–Trinajstić information content (AvgIpc) is 2.19. The van der Waals surface area contributed by atoms with Crippen LogP contribution in [0.5, 0.6) is 0 Å². The standard InChI is InChI=1S/C10H19NOS/c1-11-9-2-5-12-10(8-9)3-6-13-7-4-10/h9,11H,2-8H2,1H3. The predicted molar refractivity (Wildman–Crippen MR) is 57.3 cm³/mol. The van der Waals surface area contributed by atoms with E-state index >= 15 is 0 Å². The third kappa shape index (κ3) is 2.20. The van der Waals surface area contributed by atoms with E-state index in [0.29, 0.717) is 6.04 Å². The lowest BCUT2D eigenvalue weighted by Gasteiger charge is -2.43. The molecule has 0 bridgehead atoms. The summed E-state index contributed by atoms with van der Waals surface area (Å²) < 4.78 is 5.99. The first kappa shape index (κ1) is 9.81. The van der Waals surface area contributed by atoms with Gasteiger partial charge in [-0.25, -0.2) is 0 Å². The lowest BCUT2D eigenvalue weighted by molar-refractivity contribution is -0.0923. The van der Waals surface area contributed by atoms with Crippen molar-refractivity contribution in [1.82, 2.24) is 5.32 Å². The van der Waals surface area contributed by atoms with Crippen molar-refractivity contribution in [3.63, 3.8) is 0 Å². The van der Waals surface area contributed by atoms with E-state index in [4.69, 9.17) is 4.74 Å². The van der Waals surface area contributed by atoms with Crippen molar-refractivity contribution in [3.8, 4) is 0 Å². The molecule has 2 saturated heterocycles. The molecule has 1 atom stereocenters. The van der Waals surface area contributed by atoms with Crippen LogP contribution in [0.25, 0.3) is 0 Å². The van der Waals surface area contributed by atoms with Gasteiger partial charge in [0.2, 0.25) is 0 Å². The maximum atomic E-state index is 5.99. The molecular formula is C10H19NOS. The second-order valence-corrected chi connectivity index (χ2v) is 5.35. The Labute approximate surface area is 84.8 Å². The van der Waals surface area contributed by atoms with Crippen LogP contribution in [0.15, 0.2) is 0 Å². The van der Waals surface area contributed by atoms with E-state index in [1.165, 1.54) is 37.2 Å². The van der Waals surface area contributed by atoms with Gasteiger partial charge in [-0.15, -0.1) is 0 Å². The smallest absolute Gasteiger partial charge is 0.0713 e. The number of hydrogen-bond donors (Lipinski definition) is 1. The fraction of sp³-hybridized carbons (Fsp3) is 1.00. The highest BCUT2D eigenvalue weighted by Gasteiger charge is 2.38. The Bertz CT molecular complexity index is 163. The molecule has 0 aliphatic carbocycles. The van der Waals surface area contributed by atoms with Crippen molar-refractivity contribution >= 4 is 11.8 Å². The summed E-state index contributed by atoms with van der Waals surface area (Å²) in [6.07, 6.45) is 4.93. The van der Waals surface area contributed by atoms with Crippen molar-refractivity contribution < 1.29 is 4.74 Å². The van der Waals surface area contributed by atoms with Crippen LogP contribution in [0.3, 0.4) is 0 Å². The van der Waals surface area contributed by atoms with Crippen LogP contribution in [0.1, 0.15) is 25.7 Å². The van der Waals surface area contributed by atoms with Crippen molar-refractivity contribution in [2.45, 2.75) is 37.3 Å². The van der Waals surface area contributed by atoms with Gasteiger partial charge in [-0.2, -0.15) is 11.8 Å². The topological polar surface area (TPSA) is 21.3 Å². The van der Waals surface area contributed by atoms with Gasteiger partial charge in [0.25, 0.3) is 0 Å². The minimum absolute atomic E-state index is 0.247. The highest BCUT2D eigenvalue weighted by Crippen LogP contribution is 2.37. The number of ether oxygens (including phenoxy) is 1. The first-order valence-electron chi connectivity index (χ1n) is 5.24. The highest BCUT2D eigenvalue weighted by molar-refractivity contribution is 7.99. The highest BCUT2D eigenvalue weighted by atomic mass is 32.2. The summed E-state index contributed by atoms with van der Waals surface area (Å²) in [4.78, 5) is 0. The van der Waals surface area contributed by atoms with Crippen LogP contribution in [-0.4, -0.2) is 36.8 Å². The van der Waals surface area contributed by atoms with Gasteiger partial charge in [0, 0.05) is 12.6 Å². The number of nitrogens with one attached hydrogen (secondary N) is 1. The molecule has 1 unspecified atom stereocenters. The van der Waals surface area contributed by atoms with E-state index < -0.39 is 0 Å². The largest absolute Gasteiger partial charge is 0.375 e. The van der Waals surface area contributed by atoms with E-state index in [0.717, 1.165) is 6.61 Å². The maximum absolute atomic E-state index is 5.99. The molecule has 2 aliphatic rings. The second kappa shape index (κ2) is 4.20. The molecule has 0 amide bonds. The minimum Gasteiger partial charge on any atom is -0.375 e. The SMILES string of the molecule is CNC1CCOC2(CCSCC2)C1. The fourth-order valence-corrected chi connectivity index (χ4v) is 3.60. The van der Waals surface area contributed by atoms with Crippen molar-refractivity contribution in [2.24, 2.45) is 0 Å². The van der Waals surface area contributed by atoms with Crippen LogP contribution in [0.4, 0.5) is 0 Å². The molecule has 0 aromatic rings. The molecule has 3 heteroatoms. The van der Waals surface area contributed by atoms with Crippen LogP contribution in [0.2, 0.25) is 0 Å². The van der Waals surface area contributed by atoms with Gasteiger partial charge in [0.1, 0.15) is 0 Å².